The Kier molecular flexibility index (Phi) is 4.65. The molecule has 0 fully saturated rings. The predicted octanol–water partition coefficient (Wildman–Crippen LogP) is 3.68. The van der Waals surface area contributed by atoms with Crippen LogP contribution in [0.15, 0.2) is 30.3 Å². The van der Waals surface area contributed by atoms with Crippen LogP contribution >= 0.6 is 11.6 Å². The van der Waals surface area contributed by atoms with E-state index < -0.39 is 17.7 Å². The van der Waals surface area contributed by atoms with E-state index in [9.17, 15) is 8.78 Å². The van der Waals surface area contributed by atoms with Crippen LogP contribution in [0.4, 0.5) is 8.78 Å². The first-order chi connectivity index (χ1) is 9.97. The summed E-state index contributed by atoms with van der Waals surface area (Å²) >= 11 is 5.72. The van der Waals surface area contributed by atoms with Gasteiger partial charge in [0.1, 0.15) is 11.6 Å². The quantitative estimate of drug-likeness (QED) is 0.936. The number of rotatable bonds is 4. The van der Waals surface area contributed by atoms with Gasteiger partial charge in [0.15, 0.2) is 11.5 Å². The van der Waals surface area contributed by atoms with Crippen molar-refractivity contribution in [2.24, 2.45) is 5.73 Å². The van der Waals surface area contributed by atoms with E-state index in [-0.39, 0.29) is 16.3 Å². The van der Waals surface area contributed by atoms with E-state index in [2.05, 4.69) is 0 Å². The van der Waals surface area contributed by atoms with Crippen LogP contribution in [0.1, 0.15) is 17.2 Å². The van der Waals surface area contributed by atoms with Gasteiger partial charge < -0.3 is 15.2 Å². The predicted molar refractivity (Wildman–Crippen MR) is 76.9 cm³/mol. The highest BCUT2D eigenvalue weighted by Crippen LogP contribution is 2.34. The summed E-state index contributed by atoms with van der Waals surface area (Å²) in [6.45, 7) is 0. The maximum atomic E-state index is 14.1. The Labute approximate surface area is 126 Å². The number of ether oxygens (including phenoxy) is 2. The summed E-state index contributed by atoms with van der Waals surface area (Å²) < 4.78 is 37.5. The zero-order valence-electron chi connectivity index (χ0n) is 11.5. The lowest BCUT2D eigenvalue weighted by Gasteiger charge is -2.17. The third-order valence-electron chi connectivity index (χ3n) is 3.14. The molecule has 0 aliphatic heterocycles. The van der Waals surface area contributed by atoms with Crippen LogP contribution in [0.3, 0.4) is 0 Å². The maximum Gasteiger partial charge on any atom is 0.163 e. The fourth-order valence-electron chi connectivity index (χ4n) is 1.99. The Hall–Kier alpha value is -1.85. The molecule has 6 heteroatoms. The molecule has 1 atom stereocenters. The van der Waals surface area contributed by atoms with Gasteiger partial charge in [-0.1, -0.05) is 17.7 Å². The van der Waals surface area contributed by atoms with Crippen molar-refractivity contribution in [3.05, 3.63) is 58.1 Å². The molecule has 0 radical (unpaired) electrons. The lowest BCUT2D eigenvalue weighted by atomic mass is 9.98. The lowest BCUT2D eigenvalue weighted by Crippen LogP contribution is -2.14. The molecule has 112 valence electrons. The molecule has 2 rings (SSSR count). The van der Waals surface area contributed by atoms with Crippen LogP contribution in [0.2, 0.25) is 5.02 Å². The van der Waals surface area contributed by atoms with E-state index in [4.69, 9.17) is 26.8 Å². The zero-order valence-corrected chi connectivity index (χ0v) is 12.2. The van der Waals surface area contributed by atoms with Crippen LogP contribution < -0.4 is 15.2 Å². The number of benzene rings is 2. The van der Waals surface area contributed by atoms with E-state index in [1.54, 1.807) is 0 Å². The summed E-state index contributed by atoms with van der Waals surface area (Å²) in [5.41, 5.74) is 6.73. The Morgan fingerprint density at radius 3 is 2.19 bits per heavy atom. The molecule has 0 aliphatic rings. The molecule has 2 aromatic rings. The fraction of sp³-hybridized carbons (Fsp3) is 0.200. The molecule has 3 nitrogen and oxygen atoms in total. The minimum atomic E-state index is -0.803. The molecule has 0 amide bonds. The zero-order chi connectivity index (χ0) is 15.6. The molecule has 0 aromatic heterocycles. The number of hydrogen-bond donors (Lipinski definition) is 1. The van der Waals surface area contributed by atoms with Crippen LogP contribution in [0, 0.1) is 11.6 Å². The monoisotopic (exact) mass is 313 g/mol. The average molecular weight is 314 g/mol. The highest BCUT2D eigenvalue weighted by atomic mass is 35.5. The van der Waals surface area contributed by atoms with Crippen LogP contribution in [0.25, 0.3) is 0 Å². The van der Waals surface area contributed by atoms with Gasteiger partial charge in [-0.05, 0) is 23.8 Å². The Morgan fingerprint density at radius 1 is 1.00 bits per heavy atom. The lowest BCUT2D eigenvalue weighted by molar-refractivity contribution is 0.351. The molecule has 0 spiro atoms. The number of halogens is 3. The number of nitrogens with two attached hydrogens (primary N) is 1. The maximum absolute atomic E-state index is 14.1. The largest absolute Gasteiger partial charge is 0.493 e. The average Bonchev–Trinajstić information content (AvgIpc) is 2.49. The van der Waals surface area contributed by atoms with E-state index in [0.29, 0.717) is 11.3 Å². The van der Waals surface area contributed by atoms with Gasteiger partial charge in [0.25, 0.3) is 0 Å². The second-order valence-electron chi connectivity index (χ2n) is 4.38. The van der Waals surface area contributed by atoms with Crippen molar-refractivity contribution in [2.75, 3.05) is 14.2 Å². The summed E-state index contributed by atoms with van der Waals surface area (Å²) in [5.74, 6) is -0.471. The minimum Gasteiger partial charge on any atom is -0.493 e. The molecule has 0 aliphatic carbocycles. The van der Waals surface area contributed by atoms with Crippen molar-refractivity contribution in [2.45, 2.75) is 6.04 Å². The van der Waals surface area contributed by atoms with Gasteiger partial charge in [0, 0.05) is 11.6 Å². The van der Waals surface area contributed by atoms with Crippen molar-refractivity contribution in [1.29, 1.82) is 0 Å². The van der Waals surface area contributed by atoms with E-state index in [0.717, 1.165) is 0 Å². The molecule has 2 aromatic carbocycles. The number of methoxy groups -OCH3 is 2. The first-order valence-electron chi connectivity index (χ1n) is 6.10. The van der Waals surface area contributed by atoms with E-state index in [1.807, 2.05) is 0 Å². The van der Waals surface area contributed by atoms with Gasteiger partial charge in [0.05, 0.1) is 25.3 Å². The smallest absolute Gasteiger partial charge is 0.163 e. The molecular weight excluding hydrogens is 300 g/mol. The molecule has 0 heterocycles. The third-order valence-corrected chi connectivity index (χ3v) is 3.43. The van der Waals surface area contributed by atoms with Crippen molar-refractivity contribution < 1.29 is 18.3 Å². The molecule has 2 N–H and O–H groups in total. The van der Waals surface area contributed by atoms with Gasteiger partial charge in [-0.25, -0.2) is 8.78 Å². The normalized spacial score (nSPS) is 12.1. The highest BCUT2D eigenvalue weighted by molar-refractivity contribution is 6.30. The molecule has 0 saturated heterocycles. The third kappa shape index (κ3) is 3.09. The molecule has 1 unspecified atom stereocenters. The second kappa shape index (κ2) is 6.28. The Morgan fingerprint density at radius 2 is 1.62 bits per heavy atom. The Bertz CT molecular complexity index is 664. The molecule has 0 bridgehead atoms. The molecule has 21 heavy (non-hydrogen) atoms. The number of hydrogen-bond acceptors (Lipinski definition) is 3. The van der Waals surface area contributed by atoms with Gasteiger partial charge >= 0.3 is 0 Å². The Balaban J connectivity index is 2.47. The standard InChI is InChI=1S/C15H14ClF2NO2/c1-20-13-6-9(12(18)7-14(13)21-2)15(19)8-3-4-11(17)10(16)5-8/h3-7,15H,19H2,1-2H3. The SMILES string of the molecule is COc1cc(F)c(C(N)c2ccc(F)c(Cl)c2)cc1OC. The molecule has 0 saturated carbocycles. The van der Waals surface area contributed by atoms with Gasteiger partial charge in [-0.15, -0.1) is 0 Å². The van der Waals surface area contributed by atoms with Crippen molar-refractivity contribution >= 4 is 11.6 Å². The summed E-state index contributed by atoms with van der Waals surface area (Å²) in [7, 11) is 2.86. The second-order valence-corrected chi connectivity index (χ2v) is 4.79. The topological polar surface area (TPSA) is 44.5 Å². The first-order valence-corrected chi connectivity index (χ1v) is 6.47. The molecular formula is C15H14ClF2NO2. The van der Waals surface area contributed by atoms with Crippen LogP contribution in [-0.4, -0.2) is 14.2 Å². The highest BCUT2D eigenvalue weighted by Gasteiger charge is 2.18. The summed E-state index contributed by atoms with van der Waals surface area (Å²) in [6, 6.07) is 5.87. The van der Waals surface area contributed by atoms with Gasteiger partial charge in [-0.2, -0.15) is 0 Å². The van der Waals surface area contributed by atoms with E-state index in [1.165, 1.54) is 44.6 Å². The van der Waals surface area contributed by atoms with E-state index >= 15 is 0 Å². The first kappa shape index (κ1) is 15.5. The minimum absolute atomic E-state index is 0.0659. The van der Waals surface area contributed by atoms with Crippen LogP contribution in [0.5, 0.6) is 11.5 Å². The summed E-state index contributed by atoms with van der Waals surface area (Å²) in [5, 5.41) is -0.0659. The van der Waals surface area contributed by atoms with Crippen molar-refractivity contribution in [3.63, 3.8) is 0 Å². The van der Waals surface area contributed by atoms with Crippen LogP contribution in [-0.2, 0) is 0 Å². The fourth-order valence-corrected chi connectivity index (χ4v) is 2.18. The summed E-state index contributed by atoms with van der Waals surface area (Å²) in [4.78, 5) is 0. The summed E-state index contributed by atoms with van der Waals surface area (Å²) in [6.07, 6.45) is 0. The van der Waals surface area contributed by atoms with Crippen molar-refractivity contribution in [1.82, 2.24) is 0 Å². The van der Waals surface area contributed by atoms with Gasteiger partial charge in [0.2, 0.25) is 0 Å². The van der Waals surface area contributed by atoms with Gasteiger partial charge in [-0.3, -0.25) is 0 Å². The van der Waals surface area contributed by atoms with Crippen molar-refractivity contribution in [3.8, 4) is 11.5 Å².